The smallest absolute Gasteiger partial charge is 0.407 e. The van der Waals surface area contributed by atoms with E-state index in [9.17, 15) is 9.59 Å². The van der Waals surface area contributed by atoms with Crippen LogP contribution < -0.4 is 5.32 Å². The Morgan fingerprint density at radius 2 is 2.00 bits per heavy atom. The molecule has 1 amide bonds. The van der Waals surface area contributed by atoms with E-state index in [4.69, 9.17) is 9.84 Å². The Morgan fingerprint density at radius 3 is 2.56 bits per heavy atom. The van der Waals surface area contributed by atoms with Crippen LogP contribution in [0.15, 0.2) is 12.2 Å². The first-order valence-corrected chi connectivity index (χ1v) is 6.41. The van der Waals surface area contributed by atoms with Crippen molar-refractivity contribution in [2.24, 2.45) is 5.92 Å². The largest absolute Gasteiger partial charge is 0.481 e. The summed E-state index contributed by atoms with van der Waals surface area (Å²) in [6.45, 7) is 4.00. The number of carboxylic acids is 1. The third kappa shape index (κ3) is 6.27. The quantitative estimate of drug-likeness (QED) is 0.745. The number of hydrogen-bond acceptors (Lipinski definition) is 3. The Kier molecular flexibility index (Phi) is 8.70. The van der Waals surface area contributed by atoms with Crippen LogP contribution in [0.2, 0.25) is 0 Å². The molecule has 1 aliphatic rings. The molecule has 0 radical (unpaired) electrons. The zero-order valence-electron chi connectivity index (χ0n) is 11.3. The lowest BCUT2D eigenvalue weighted by Crippen LogP contribution is -2.26. The molecule has 2 unspecified atom stereocenters. The summed E-state index contributed by atoms with van der Waals surface area (Å²) in [5.74, 6) is -1.06. The average molecular weight is 257 g/mol. The molecule has 1 aliphatic carbocycles. The Labute approximate surface area is 108 Å². The number of ether oxygens (including phenoxy) is 1. The van der Waals surface area contributed by atoms with Gasteiger partial charge in [0, 0.05) is 7.05 Å². The molecule has 0 aliphatic heterocycles. The van der Waals surface area contributed by atoms with Gasteiger partial charge in [-0.15, -0.1) is 0 Å². The Bertz CT molecular complexity index is 289. The molecule has 0 saturated carbocycles. The number of aliphatic carboxylic acids is 1. The van der Waals surface area contributed by atoms with Gasteiger partial charge in [0.2, 0.25) is 0 Å². The summed E-state index contributed by atoms with van der Waals surface area (Å²) in [6, 6.07) is 0. The van der Waals surface area contributed by atoms with E-state index in [1.54, 1.807) is 12.2 Å². The number of amides is 1. The van der Waals surface area contributed by atoms with Crippen molar-refractivity contribution in [3.05, 3.63) is 12.2 Å². The van der Waals surface area contributed by atoms with Crippen LogP contribution in [0.1, 0.15) is 39.5 Å². The second-order valence-corrected chi connectivity index (χ2v) is 3.82. The molecule has 5 nitrogen and oxygen atoms in total. The van der Waals surface area contributed by atoms with Gasteiger partial charge in [-0.1, -0.05) is 19.9 Å². The highest BCUT2D eigenvalue weighted by atomic mass is 16.6. The van der Waals surface area contributed by atoms with E-state index in [1.807, 2.05) is 13.8 Å². The van der Waals surface area contributed by atoms with Crippen LogP contribution >= 0.6 is 0 Å². The highest BCUT2D eigenvalue weighted by Gasteiger charge is 2.19. The van der Waals surface area contributed by atoms with Gasteiger partial charge in [0.15, 0.2) is 0 Å². The number of allylic oxidation sites excluding steroid dienone is 1. The lowest BCUT2D eigenvalue weighted by atomic mass is 9.94. The number of nitrogens with one attached hydrogen (secondary N) is 1. The normalized spacial score (nSPS) is 24.6. The van der Waals surface area contributed by atoms with Crippen LogP contribution in [-0.2, 0) is 9.53 Å². The molecule has 2 N–H and O–H groups in total. The molecular formula is C13H23NO4. The first-order chi connectivity index (χ1) is 8.63. The van der Waals surface area contributed by atoms with Crippen molar-refractivity contribution in [1.29, 1.82) is 0 Å². The molecule has 1 rings (SSSR count). The van der Waals surface area contributed by atoms with Crippen molar-refractivity contribution in [3.8, 4) is 0 Å². The van der Waals surface area contributed by atoms with Crippen molar-refractivity contribution >= 4 is 12.1 Å². The summed E-state index contributed by atoms with van der Waals surface area (Å²) in [6.07, 6.45) is 5.42. The van der Waals surface area contributed by atoms with E-state index >= 15 is 0 Å². The molecule has 0 spiro atoms. The Morgan fingerprint density at radius 1 is 1.33 bits per heavy atom. The Hall–Kier alpha value is -1.52. The van der Waals surface area contributed by atoms with Crippen LogP contribution in [-0.4, -0.2) is 30.3 Å². The highest BCUT2D eigenvalue weighted by molar-refractivity contribution is 5.70. The first kappa shape index (κ1) is 16.5. The zero-order valence-corrected chi connectivity index (χ0v) is 11.3. The Balaban J connectivity index is 0.00000137. The predicted molar refractivity (Wildman–Crippen MR) is 69.4 cm³/mol. The van der Waals surface area contributed by atoms with Crippen LogP contribution in [0, 0.1) is 5.92 Å². The zero-order chi connectivity index (χ0) is 14.0. The lowest BCUT2D eigenvalue weighted by molar-refractivity contribution is -0.142. The number of alkyl carbamates (subject to hydrolysis) is 1. The van der Waals surface area contributed by atoms with Gasteiger partial charge in [-0.25, -0.2) is 4.79 Å². The van der Waals surface area contributed by atoms with Crippen LogP contribution in [0.5, 0.6) is 0 Å². The number of carboxylic acid groups (broad SMARTS) is 1. The van der Waals surface area contributed by atoms with Crippen molar-refractivity contribution in [2.45, 2.75) is 45.6 Å². The second kappa shape index (κ2) is 9.50. The number of carbonyl (C=O) groups excluding carboxylic acids is 1. The fourth-order valence-corrected chi connectivity index (χ4v) is 1.69. The van der Waals surface area contributed by atoms with Gasteiger partial charge < -0.3 is 15.2 Å². The maximum absolute atomic E-state index is 11.0. The summed E-state index contributed by atoms with van der Waals surface area (Å²) in [4.78, 5) is 21.8. The van der Waals surface area contributed by atoms with Crippen LogP contribution in [0.25, 0.3) is 0 Å². The average Bonchev–Trinajstić information content (AvgIpc) is 2.34. The van der Waals surface area contributed by atoms with Gasteiger partial charge in [-0.3, -0.25) is 4.79 Å². The molecule has 2 atom stereocenters. The molecule has 0 saturated heterocycles. The summed E-state index contributed by atoms with van der Waals surface area (Å²) >= 11 is 0. The number of hydrogen-bond donors (Lipinski definition) is 2. The SMILES string of the molecule is CC.CNC(=O)OC1/C=C/CC(C(=O)O)CCC1. The fraction of sp³-hybridized carbons (Fsp3) is 0.692. The summed E-state index contributed by atoms with van der Waals surface area (Å²) in [5, 5.41) is 11.3. The van der Waals surface area contributed by atoms with E-state index in [0.29, 0.717) is 19.3 Å². The van der Waals surface area contributed by atoms with Crippen molar-refractivity contribution < 1.29 is 19.4 Å². The number of carbonyl (C=O) groups is 2. The molecule has 0 fully saturated rings. The molecular weight excluding hydrogens is 234 g/mol. The van der Waals surface area contributed by atoms with Crippen molar-refractivity contribution in [3.63, 3.8) is 0 Å². The molecule has 0 aromatic carbocycles. The first-order valence-electron chi connectivity index (χ1n) is 6.41. The summed E-state index contributed by atoms with van der Waals surface area (Å²) in [7, 11) is 1.51. The third-order valence-corrected chi connectivity index (χ3v) is 2.62. The van der Waals surface area contributed by atoms with E-state index in [2.05, 4.69) is 5.32 Å². The molecule has 0 heterocycles. The van der Waals surface area contributed by atoms with Crippen LogP contribution in [0.3, 0.4) is 0 Å². The van der Waals surface area contributed by atoms with Gasteiger partial charge in [0.25, 0.3) is 0 Å². The van der Waals surface area contributed by atoms with Gasteiger partial charge in [-0.05, 0) is 31.8 Å². The van der Waals surface area contributed by atoms with E-state index < -0.39 is 12.1 Å². The van der Waals surface area contributed by atoms with E-state index in [1.165, 1.54) is 7.05 Å². The topological polar surface area (TPSA) is 75.6 Å². The minimum Gasteiger partial charge on any atom is -0.481 e. The van der Waals surface area contributed by atoms with E-state index in [0.717, 1.165) is 6.42 Å². The molecule has 5 heteroatoms. The fourth-order valence-electron chi connectivity index (χ4n) is 1.69. The molecule has 0 aromatic rings. The summed E-state index contributed by atoms with van der Waals surface area (Å²) < 4.78 is 5.09. The molecule has 18 heavy (non-hydrogen) atoms. The van der Waals surface area contributed by atoms with Crippen molar-refractivity contribution in [1.82, 2.24) is 5.32 Å². The van der Waals surface area contributed by atoms with Gasteiger partial charge >= 0.3 is 12.1 Å². The van der Waals surface area contributed by atoms with Gasteiger partial charge in [0.05, 0.1) is 5.92 Å². The van der Waals surface area contributed by atoms with E-state index in [-0.39, 0.29) is 12.0 Å². The summed E-state index contributed by atoms with van der Waals surface area (Å²) in [5.41, 5.74) is 0. The minimum absolute atomic E-state index is 0.241. The third-order valence-electron chi connectivity index (χ3n) is 2.62. The predicted octanol–water partition coefficient (Wildman–Crippen LogP) is 2.57. The second-order valence-electron chi connectivity index (χ2n) is 3.82. The standard InChI is InChI=1S/C11H17NO4.C2H6/c1-12-11(15)16-9-6-2-4-8(10(13)14)5-3-7-9;1-2/h2,6,8-9H,3-5,7H2,1H3,(H,12,15)(H,13,14);1-2H3/b6-2+;. The maximum Gasteiger partial charge on any atom is 0.407 e. The number of rotatable bonds is 2. The monoisotopic (exact) mass is 257 g/mol. The van der Waals surface area contributed by atoms with Crippen molar-refractivity contribution in [2.75, 3.05) is 7.05 Å². The highest BCUT2D eigenvalue weighted by Crippen LogP contribution is 2.20. The van der Waals surface area contributed by atoms with Gasteiger partial charge in [0.1, 0.15) is 6.10 Å². The molecule has 104 valence electrons. The molecule has 0 bridgehead atoms. The minimum atomic E-state index is -0.754. The lowest BCUT2D eigenvalue weighted by Gasteiger charge is -2.18. The van der Waals surface area contributed by atoms with Gasteiger partial charge in [-0.2, -0.15) is 0 Å². The maximum atomic E-state index is 11.0. The van der Waals surface area contributed by atoms with Crippen LogP contribution in [0.4, 0.5) is 4.79 Å². The molecule has 0 aromatic heterocycles.